The Kier molecular flexibility index (Phi) is 6.11. The second kappa shape index (κ2) is 9.84. The van der Waals surface area contributed by atoms with E-state index in [1.165, 1.54) is 18.0 Å². The van der Waals surface area contributed by atoms with E-state index in [1.54, 1.807) is 6.07 Å². The lowest BCUT2D eigenvalue weighted by molar-refractivity contribution is 0.187. The quantitative estimate of drug-likeness (QED) is 0.492. The van der Waals surface area contributed by atoms with Crippen molar-refractivity contribution in [1.29, 1.82) is 0 Å². The Morgan fingerprint density at radius 3 is 2.90 bits per heavy atom. The van der Waals surface area contributed by atoms with Crippen LogP contribution in [0.1, 0.15) is 19.4 Å². The molecular weight excluding hydrogens is 523 g/mol. The highest BCUT2D eigenvalue weighted by Crippen LogP contribution is 2.38. The molecule has 4 aliphatic heterocycles. The van der Waals surface area contributed by atoms with Crippen LogP contribution in [0.2, 0.25) is 0 Å². The molecule has 7 rings (SSSR count). The van der Waals surface area contributed by atoms with E-state index in [0.717, 1.165) is 36.7 Å². The topological polar surface area (TPSA) is 91.2 Å². The molecule has 1 N–H and O–H groups in total. The molecule has 6 heterocycles. The third-order valence-electron chi connectivity index (χ3n) is 8.10. The van der Waals surface area contributed by atoms with Crippen molar-refractivity contribution in [3.63, 3.8) is 0 Å². The number of nitrogens with zero attached hydrogens (tertiary/aromatic N) is 7. The summed E-state index contributed by atoms with van der Waals surface area (Å²) < 4.78 is 27.6. The number of rotatable bonds is 4. The monoisotopic (exact) mass is 554 g/mol. The number of benzene rings is 1. The van der Waals surface area contributed by atoms with Crippen LogP contribution in [0.5, 0.6) is 11.5 Å². The summed E-state index contributed by atoms with van der Waals surface area (Å²) in [5.41, 5.74) is 4.38. The van der Waals surface area contributed by atoms with Gasteiger partial charge >= 0.3 is 0 Å². The Morgan fingerprint density at radius 1 is 1.15 bits per heavy atom. The highest BCUT2D eigenvalue weighted by molar-refractivity contribution is 5.90. The molecule has 10 nitrogen and oxygen atoms in total. The molecule has 1 fully saturated rings. The average Bonchev–Trinajstić information content (AvgIpc) is 2.97. The molecule has 0 aliphatic carbocycles. The van der Waals surface area contributed by atoms with Gasteiger partial charge in [0, 0.05) is 56.2 Å². The Labute approximate surface area is 237 Å². The maximum Gasteiger partial charge on any atom is 0.172 e. The maximum absolute atomic E-state index is 15.5. The molecule has 0 saturated carbocycles. The van der Waals surface area contributed by atoms with E-state index < -0.39 is 5.82 Å². The lowest BCUT2D eigenvalue weighted by Gasteiger charge is -2.43. The number of halogens is 1. The van der Waals surface area contributed by atoms with Crippen LogP contribution in [0.25, 0.3) is 11.0 Å². The van der Waals surface area contributed by atoms with Crippen molar-refractivity contribution in [1.82, 2.24) is 24.9 Å². The Morgan fingerprint density at radius 2 is 2.02 bits per heavy atom. The van der Waals surface area contributed by atoms with Crippen molar-refractivity contribution in [2.45, 2.75) is 26.8 Å². The van der Waals surface area contributed by atoms with Gasteiger partial charge in [-0.15, -0.1) is 0 Å². The van der Waals surface area contributed by atoms with Gasteiger partial charge in [0.1, 0.15) is 35.8 Å². The van der Waals surface area contributed by atoms with Crippen LogP contribution < -0.4 is 19.7 Å². The third kappa shape index (κ3) is 4.55. The number of ether oxygens (including phenoxy) is 2. The van der Waals surface area contributed by atoms with Gasteiger partial charge in [0.2, 0.25) is 0 Å². The van der Waals surface area contributed by atoms with Crippen LogP contribution in [0, 0.1) is 18.7 Å². The third-order valence-corrected chi connectivity index (χ3v) is 8.10. The zero-order valence-electron chi connectivity index (χ0n) is 23.4. The normalized spacial score (nSPS) is 21.7. The van der Waals surface area contributed by atoms with Crippen LogP contribution in [-0.4, -0.2) is 70.4 Å². The molecule has 4 aliphatic rings. The van der Waals surface area contributed by atoms with E-state index in [-0.39, 0.29) is 17.6 Å². The first-order chi connectivity index (χ1) is 19.8. The summed E-state index contributed by atoms with van der Waals surface area (Å²) in [4.78, 5) is 18.3. The standard InChI is InChI=1S/C30H31FN8O2/c1-17-9-23(22(31)11-26(17)41-21-5-6-39-25(10-21)19(3)18(2)13-34-39)35-29-28-24(32-16-33-29)12-27-30(36-28)38-8-7-37(4)14-20(38)15-40-27/h5-6,9-13,16,18,20H,7-8,14-15H2,1-4H3,(H,32,33,35). The minimum atomic E-state index is -0.467. The summed E-state index contributed by atoms with van der Waals surface area (Å²) >= 11 is 0. The van der Waals surface area contributed by atoms with Gasteiger partial charge in [0.25, 0.3) is 0 Å². The van der Waals surface area contributed by atoms with Crippen molar-refractivity contribution in [3.8, 4) is 11.5 Å². The highest BCUT2D eigenvalue weighted by Gasteiger charge is 2.33. The molecule has 1 saturated heterocycles. The molecule has 0 amide bonds. The number of fused-ring (bicyclic) bond motifs is 5. The summed E-state index contributed by atoms with van der Waals surface area (Å²) in [6.45, 7) is 9.37. The molecule has 2 unspecified atom stereocenters. The van der Waals surface area contributed by atoms with Gasteiger partial charge in [-0.3, -0.25) is 0 Å². The Bertz CT molecular complexity index is 1680. The molecule has 210 valence electrons. The largest absolute Gasteiger partial charge is 0.487 e. The van der Waals surface area contributed by atoms with Gasteiger partial charge in [0.05, 0.1) is 22.9 Å². The number of pyridine rings is 1. The molecule has 3 aromatic rings. The minimum absolute atomic E-state index is 0.228. The molecule has 1 aromatic carbocycles. The number of anilines is 3. The number of piperazine rings is 1. The van der Waals surface area contributed by atoms with E-state index in [0.29, 0.717) is 40.7 Å². The molecule has 0 bridgehead atoms. The van der Waals surface area contributed by atoms with Gasteiger partial charge in [0.15, 0.2) is 17.4 Å². The van der Waals surface area contributed by atoms with Crippen molar-refractivity contribution in [2.75, 3.05) is 43.5 Å². The maximum atomic E-state index is 15.5. The van der Waals surface area contributed by atoms with Crippen LogP contribution in [0.15, 0.2) is 65.0 Å². The predicted octanol–water partition coefficient (Wildman–Crippen LogP) is 4.73. The van der Waals surface area contributed by atoms with E-state index in [4.69, 9.17) is 14.5 Å². The molecule has 2 atom stereocenters. The van der Waals surface area contributed by atoms with Crippen molar-refractivity contribution >= 4 is 34.6 Å². The Hall–Kier alpha value is -4.51. The second-order valence-electron chi connectivity index (χ2n) is 11.0. The molecular formula is C30H31FN8O2. The molecule has 0 radical (unpaired) electrons. The molecule has 41 heavy (non-hydrogen) atoms. The van der Waals surface area contributed by atoms with Gasteiger partial charge in [-0.2, -0.15) is 5.10 Å². The summed E-state index contributed by atoms with van der Waals surface area (Å²) in [7, 11) is 2.12. The number of hydrogen-bond acceptors (Lipinski definition) is 10. The fourth-order valence-corrected chi connectivity index (χ4v) is 5.55. The summed E-state index contributed by atoms with van der Waals surface area (Å²) in [5.74, 6) is 2.73. The lowest BCUT2D eigenvalue weighted by Crippen LogP contribution is -2.56. The molecule has 0 spiro atoms. The van der Waals surface area contributed by atoms with Crippen LogP contribution in [0.4, 0.5) is 21.7 Å². The molecule has 11 heteroatoms. The average molecular weight is 555 g/mol. The van der Waals surface area contributed by atoms with E-state index in [9.17, 15) is 0 Å². The second-order valence-corrected chi connectivity index (χ2v) is 11.0. The number of nitrogens with one attached hydrogen (secondary N) is 1. The predicted molar refractivity (Wildman–Crippen MR) is 156 cm³/mol. The number of hydrazone groups is 1. The number of allylic oxidation sites excluding steroid dienone is 3. The van der Waals surface area contributed by atoms with Crippen LogP contribution in [0.3, 0.4) is 0 Å². The number of aromatic nitrogens is 3. The first-order valence-corrected chi connectivity index (χ1v) is 13.8. The molecule has 2 aromatic heterocycles. The smallest absolute Gasteiger partial charge is 0.172 e. The fraction of sp³-hybridized carbons (Fsp3) is 0.333. The number of hydrogen-bond donors (Lipinski definition) is 1. The minimum Gasteiger partial charge on any atom is -0.487 e. The zero-order valence-corrected chi connectivity index (χ0v) is 23.4. The first kappa shape index (κ1) is 25.5. The van der Waals surface area contributed by atoms with Crippen LogP contribution >= 0.6 is 0 Å². The number of likely N-dealkylation sites (N-methyl/N-ethyl adjacent to an activating group) is 1. The van der Waals surface area contributed by atoms with E-state index in [2.05, 4.69) is 51.1 Å². The van der Waals surface area contributed by atoms with Crippen LogP contribution in [-0.2, 0) is 0 Å². The number of aryl methyl sites for hydroxylation is 1. The summed E-state index contributed by atoms with van der Waals surface area (Å²) in [6.07, 6.45) is 8.96. The Balaban J connectivity index is 1.17. The summed E-state index contributed by atoms with van der Waals surface area (Å²) in [5, 5.41) is 9.41. The van der Waals surface area contributed by atoms with Gasteiger partial charge < -0.3 is 24.6 Å². The van der Waals surface area contributed by atoms with Gasteiger partial charge in [-0.25, -0.2) is 24.4 Å². The zero-order chi connectivity index (χ0) is 28.2. The first-order valence-electron chi connectivity index (χ1n) is 13.8. The highest BCUT2D eigenvalue weighted by atomic mass is 19.1. The van der Waals surface area contributed by atoms with E-state index >= 15 is 4.39 Å². The van der Waals surface area contributed by atoms with E-state index in [1.807, 2.05) is 42.6 Å². The summed E-state index contributed by atoms with van der Waals surface area (Å²) in [6, 6.07) is 5.22. The fourth-order valence-electron chi connectivity index (χ4n) is 5.55. The lowest BCUT2D eigenvalue weighted by atomic mass is 9.99. The van der Waals surface area contributed by atoms with Crippen molar-refractivity contribution < 1.29 is 13.9 Å². The van der Waals surface area contributed by atoms with Gasteiger partial charge in [-0.05, 0) is 44.2 Å². The van der Waals surface area contributed by atoms with Gasteiger partial charge in [-0.1, -0.05) is 6.92 Å². The SMILES string of the molecule is CC1=C2C=C(Oc3cc(F)c(Nc4ncnc5cc6c(nc45)N4CCN(C)CC4CO6)cc3C)C=CN2N=CC1C. The van der Waals surface area contributed by atoms with Crippen molar-refractivity contribution in [3.05, 3.63) is 71.3 Å². The van der Waals surface area contributed by atoms with Crippen molar-refractivity contribution in [2.24, 2.45) is 11.0 Å².